The Hall–Kier alpha value is -2.25. The van der Waals surface area contributed by atoms with Crippen LogP contribution < -0.4 is 4.74 Å². The molecule has 0 N–H and O–H groups in total. The predicted octanol–water partition coefficient (Wildman–Crippen LogP) is 4.06. The van der Waals surface area contributed by atoms with Crippen molar-refractivity contribution in [3.63, 3.8) is 0 Å². The van der Waals surface area contributed by atoms with E-state index in [-0.39, 0.29) is 44.0 Å². The summed E-state index contributed by atoms with van der Waals surface area (Å²) in [7, 11) is 0. The van der Waals surface area contributed by atoms with Crippen LogP contribution in [-0.4, -0.2) is 64.9 Å². The Bertz CT molecular complexity index is 891. The van der Waals surface area contributed by atoms with Crippen LogP contribution >= 0.6 is 11.6 Å². The summed E-state index contributed by atoms with van der Waals surface area (Å²) < 4.78 is 34.2. The van der Waals surface area contributed by atoms with Crippen LogP contribution in [0.1, 0.15) is 24.8 Å². The molecular formula is C23H26ClF2N3O2. The molecule has 2 aliphatic rings. The molecular weight excluding hydrogens is 424 g/mol. The summed E-state index contributed by atoms with van der Waals surface area (Å²) >= 11 is 6.17. The van der Waals surface area contributed by atoms with E-state index in [0.29, 0.717) is 36.7 Å². The maximum absolute atomic E-state index is 14.2. The summed E-state index contributed by atoms with van der Waals surface area (Å²) in [6, 6.07) is 10.5. The molecule has 5 nitrogen and oxygen atoms in total. The number of aromatic nitrogens is 1. The Morgan fingerprint density at radius 2 is 1.97 bits per heavy atom. The molecule has 31 heavy (non-hydrogen) atoms. The maximum Gasteiger partial charge on any atom is 0.262 e. The maximum atomic E-state index is 14.2. The van der Waals surface area contributed by atoms with Gasteiger partial charge in [0, 0.05) is 36.8 Å². The number of hydrogen-bond donors (Lipinski definition) is 0. The SMILES string of the molecule is O=C(Cc1ccccc1Cl)N1CCC(N2CC(F)(F)C[C@H]2COc2cccnc2)CC1. The van der Waals surface area contributed by atoms with Crippen molar-refractivity contribution >= 4 is 17.5 Å². The number of amides is 1. The van der Waals surface area contributed by atoms with Crippen LogP contribution in [-0.2, 0) is 11.2 Å². The van der Waals surface area contributed by atoms with E-state index in [9.17, 15) is 13.6 Å². The number of likely N-dealkylation sites (tertiary alicyclic amines) is 2. The van der Waals surface area contributed by atoms with Crippen LogP contribution in [0.25, 0.3) is 0 Å². The average Bonchev–Trinajstić information content (AvgIpc) is 3.09. The molecule has 0 bridgehead atoms. The number of hydrogen-bond acceptors (Lipinski definition) is 4. The fraction of sp³-hybridized carbons (Fsp3) is 0.478. The number of ether oxygens (including phenoxy) is 1. The number of halogens is 3. The molecule has 0 spiro atoms. The molecule has 0 saturated carbocycles. The van der Waals surface area contributed by atoms with Gasteiger partial charge in [0.2, 0.25) is 5.91 Å². The molecule has 2 aliphatic heterocycles. The number of carbonyl (C=O) groups excluding carboxylic acids is 1. The number of benzene rings is 1. The van der Waals surface area contributed by atoms with E-state index < -0.39 is 5.92 Å². The van der Waals surface area contributed by atoms with Crippen molar-refractivity contribution in [3.05, 3.63) is 59.4 Å². The highest BCUT2D eigenvalue weighted by Gasteiger charge is 2.48. The summed E-state index contributed by atoms with van der Waals surface area (Å²) in [4.78, 5) is 20.4. The molecule has 166 valence electrons. The smallest absolute Gasteiger partial charge is 0.262 e. The first-order valence-electron chi connectivity index (χ1n) is 10.6. The highest BCUT2D eigenvalue weighted by molar-refractivity contribution is 6.31. The van der Waals surface area contributed by atoms with Gasteiger partial charge in [-0.1, -0.05) is 29.8 Å². The molecule has 1 atom stereocenters. The molecule has 2 saturated heterocycles. The standard InChI is InChI=1S/C23H26ClF2N3O2/c24-21-6-2-1-4-17(21)12-22(30)28-10-7-18(8-11-28)29-16-23(25,26)13-19(29)15-31-20-5-3-9-27-14-20/h1-6,9,14,18-19H,7-8,10-13,15-16H2/t19-/m0/s1. The van der Waals surface area contributed by atoms with Crippen molar-refractivity contribution in [2.24, 2.45) is 0 Å². The lowest BCUT2D eigenvalue weighted by Crippen LogP contribution is -2.50. The third-order valence-electron chi connectivity index (χ3n) is 6.08. The Kier molecular flexibility index (Phi) is 6.72. The van der Waals surface area contributed by atoms with Crippen molar-refractivity contribution in [1.29, 1.82) is 0 Å². The molecule has 8 heteroatoms. The Labute approximate surface area is 186 Å². The van der Waals surface area contributed by atoms with E-state index in [2.05, 4.69) is 4.98 Å². The third kappa shape index (κ3) is 5.52. The van der Waals surface area contributed by atoms with Crippen LogP contribution in [0.5, 0.6) is 5.75 Å². The normalized spacial score (nSPS) is 21.9. The van der Waals surface area contributed by atoms with Gasteiger partial charge in [0.1, 0.15) is 12.4 Å². The van der Waals surface area contributed by atoms with Crippen molar-refractivity contribution in [3.8, 4) is 5.75 Å². The van der Waals surface area contributed by atoms with Gasteiger partial charge in [-0.2, -0.15) is 0 Å². The number of rotatable bonds is 6. The molecule has 2 aromatic rings. The van der Waals surface area contributed by atoms with Gasteiger partial charge < -0.3 is 9.64 Å². The van der Waals surface area contributed by atoms with E-state index in [1.807, 2.05) is 28.0 Å². The second-order valence-corrected chi connectivity index (χ2v) is 8.67. The molecule has 1 aromatic carbocycles. The zero-order chi connectivity index (χ0) is 21.8. The zero-order valence-electron chi connectivity index (χ0n) is 17.2. The summed E-state index contributed by atoms with van der Waals surface area (Å²) in [5.41, 5.74) is 0.808. The van der Waals surface area contributed by atoms with Crippen LogP contribution in [0.15, 0.2) is 48.8 Å². The van der Waals surface area contributed by atoms with Gasteiger partial charge in [-0.15, -0.1) is 0 Å². The van der Waals surface area contributed by atoms with Gasteiger partial charge in [0.25, 0.3) is 5.92 Å². The van der Waals surface area contributed by atoms with Crippen LogP contribution in [0, 0.1) is 0 Å². The number of alkyl halides is 2. The fourth-order valence-electron chi connectivity index (χ4n) is 4.49. The van der Waals surface area contributed by atoms with Gasteiger partial charge in [-0.05, 0) is 36.6 Å². The molecule has 1 aromatic heterocycles. The molecule has 2 fully saturated rings. The molecule has 4 rings (SSSR count). The van der Waals surface area contributed by atoms with Gasteiger partial charge in [-0.25, -0.2) is 8.78 Å². The van der Waals surface area contributed by atoms with E-state index in [4.69, 9.17) is 16.3 Å². The molecule has 3 heterocycles. The fourth-order valence-corrected chi connectivity index (χ4v) is 4.70. The first-order valence-corrected chi connectivity index (χ1v) is 11.0. The lowest BCUT2D eigenvalue weighted by atomic mass is 10.0. The minimum atomic E-state index is -2.72. The Morgan fingerprint density at radius 1 is 1.19 bits per heavy atom. The largest absolute Gasteiger partial charge is 0.490 e. The summed E-state index contributed by atoms with van der Waals surface area (Å²) in [6.07, 6.45) is 4.62. The third-order valence-corrected chi connectivity index (χ3v) is 6.45. The van der Waals surface area contributed by atoms with Gasteiger partial charge in [0.05, 0.1) is 25.2 Å². The highest BCUT2D eigenvalue weighted by Crippen LogP contribution is 2.36. The number of nitrogens with zero attached hydrogens (tertiary/aromatic N) is 3. The average molecular weight is 450 g/mol. The Balaban J connectivity index is 1.33. The predicted molar refractivity (Wildman–Crippen MR) is 115 cm³/mol. The van der Waals surface area contributed by atoms with E-state index >= 15 is 0 Å². The van der Waals surface area contributed by atoms with Gasteiger partial charge in [0.15, 0.2) is 0 Å². The van der Waals surface area contributed by atoms with Crippen molar-refractivity contribution in [1.82, 2.24) is 14.8 Å². The van der Waals surface area contributed by atoms with Crippen LogP contribution in [0.2, 0.25) is 5.02 Å². The van der Waals surface area contributed by atoms with Crippen molar-refractivity contribution < 1.29 is 18.3 Å². The molecule has 1 amide bonds. The van der Waals surface area contributed by atoms with Crippen LogP contribution in [0.4, 0.5) is 8.78 Å². The highest BCUT2D eigenvalue weighted by atomic mass is 35.5. The molecule has 0 aliphatic carbocycles. The lowest BCUT2D eigenvalue weighted by Gasteiger charge is -2.39. The van der Waals surface area contributed by atoms with Crippen molar-refractivity contribution in [2.45, 2.75) is 43.7 Å². The quantitative estimate of drug-likeness (QED) is 0.667. The van der Waals surface area contributed by atoms with Crippen LogP contribution in [0.3, 0.4) is 0 Å². The topological polar surface area (TPSA) is 45.7 Å². The number of piperidine rings is 1. The van der Waals surface area contributed by atoms with E-state index in [0.717, 1.165) is 5.56 Å². The zero-order valence-corrected chi connectivity index (χ0v) is 18.0. The van der Waals surface area contributed by atoms with Gasteiger partial charge in [-0.3, -0.25) is 14.7 Å². The summed E-state index contributed by atoms with van der Waals surface area (Å²) in [5.74, 6) is -2.12. The summed E-state index contributed by atoms with van der Waals surface area (Å²) in [6.45, 7) is 1.07. The van der Waals surface area contributed by atoms with E-state index in [1.165, 1.54) is 0 Å². The first kappa shape index (κ1) is 22.0. The minimum absolute atomic E-state index is 0.0141. The van der Waals surface area contributed by atoms with E-state index in [1.54, 1.807) is 30.6 Å². The second-order valence-electron chi connectivity index (χ2n) is 8.27. The minimum Gasteiger partial charge on any atom is -0.490 e. The monoisotopic (exact) mass is 449 g/mol. The second kappa shape index (κ2) is 9.49. The molecule has 0 unspecified atom stereocenters. The number of pyridine rings is 1. The summed E-state index contributed by atoms with van der Waals surface area (Å²) in [5, 5.41) is 0.585. The number of carbonyl (C=O) groups is 1. The molecule has 0 radical (unpaired) electrons. The Morgan fingerprint density at radius 3 is 2.68 bits per heavy atom. The lowest BCUT2D eigenvalue weighted by molar-refractivity contribution is -0.132. The van der Waals surface area contributed by atoms with Crippen molar-refractivity contribution in [2.75, 3.05) is 26.2 Å². The van der Waals surface area contributed by atoms with Gasteiger partial charge >= 0.3 is 0 Å². The first-order chi connectivity index (χ1) is 14.9.